The third-order valence-electron chi connectivity index (χ3n) is 4.27. The molecule has 0 spiro atoms. The lowest BCUT2D eigenvalue weighted by Crippen LogP contribution is -2.53. The molecule has 2 aliphatic heterocycles. The topological polar surface area (TPSA) is 69.6 Å². The normalized spacial score (nSPS) is 31.4. The Labute approximate surface area is 118 Å². The van der Waals surface area contributed by atoms with E-state index in [1.807, 2.05) is 4.90 Å². The van der Waals surface area contributed by atoms with Crippen molar-refractivity contribution in [1.29, 1.82) is 0 Å². The van der Waals surface area contributed by atoms with E-state index < -0.39 is 5.97 Å². The number of hydrogen-bond donors (Lipinski definition) is 2. The molecule has 2 unspecified atom stereocenters. The van der Waals surface area contributed by atoms with Crippen molar-refractivity contribution < 1.29 is 14.7 Å². The van der Waals surface area contributed by atoms with Crippen LogP contribution in [0.2, 0.25) is 0 Å². The molecule has 2 fully saturated rings. The van der Waals surface area contributed by atoms with Gasteiger partial charge in [0.1, 0.15) is 0 Å². The SMILES string of the molecule is CCC1(C(=O)N2CCSCC2CC(=O)O)CCNC1. The summed E-state index contributed by atoms with van der Waals surface area (Å²) in [7, 11) is 0. The molecule has 1 amide bonds. The average Bonchev–Trinajstić information content (AvgIpc) is 2.88. The molecule has 5 nitrogen and oxygen atoms in total. The third kappa shape index (κ3) is 3.05. The standard InChI is InChI=1S/C13H22N2O3S/c1-2-13(3-4-14-9-13)12(18)15-5-6-19-8-10(15)7-11(16)17/h10,14H,2-9H2,1H3,(H,16,17). The van der Waals surface area contributed by atoms with E-state index in [0.717, 1.165) is 37.4 Å². The fourth-order valence-corrected chi connectivity index (χ4v) is 4.04. The molecule has 2 saturated heterocycles. The summed E-state index contributed by atoms with van der Waals surface area (Å²) in [5.41, 5.74) is -0.307. The smallest absolute Gasteiger partial charge is 0.305 e. The van der Waals surface area contributed by atoms with Gasteiger partial charge in [0.05, 0.1) is 17.9 Å². The molecule has 2 N–H and O–H groups in total. The Kier molecular flexibility index (Phi) is 4.73. The Morgan fingerprint density at radius 1 is 1.53 bits per heavy atom. The van der Waals surface area contributed by atoms with Crippen LogP contribution in [-0.4, -0.2) is 59.1 Å². The van der Waals surface area contributed by atoms with Crippen molar-refractivity contribution in [1.82, 2.24) is 10.2 Å². The fourth-order valence-electron chi connectivity index (χ4n) is 2.98. The molecule has 0 aromatic carbocycles. The highest BCUT2D eigenvalue weighted by Gasteiger charge is 2.44. The molecule has 19 heavy (non-hydrogen) atoms. The number of amides is 1. The molecule has 2 atom stereocenters. The lowest BCUT2D eigenvalue weighted by Gasteiger charge is -2.40. The van der Waals surface area contributed by atoms with Crippen molar-refractivity contribution in [2.45, 2.75) is 32.2 Å². The summed E-state index contributed by atoms with van der Waals surface area (Å²) in [6, 6.07) is -0.146. The Balaban J connectivity index is 2.12. The van der Waals surface area contributed by atoms with Gasteiger partial charge in [0, 0.05) is 24.6 Å². The van der Waals surface area contributed by atoms with Gasteiger partial charge in [0.15, 0.2) is 0 Å². The number of carbonyl (C=O) groups is 2. The molecule has 0 radical (unpaired) electrons. The van der Waals surface area contributed by atoms with E-state index in [1.54, 1.807) is 11.8 Å². The van der Waals surface area contributed by atoms with Crippen LogP contribution in [0.5, 0.6) is 0 Å². The maximum atomic E-state index is 12.8. The minimum Gasteiger partial charge on any atom is -0.481 e. The second kappa shape index (κ2) is 6.13. The van der Waals surface area contributed by atoms with Crippen molar-refractivity contribution in [3.05, 3.63) is 0 Å². The maximum Gasteiger partial charge on any atom is 0.305 e. The molecule has 2 aliphatic rings. The van der Waals surface area contributed by atoms with Gasteiger partial charge in [0.2, 0.25) is 5.91 Å². The molecular formula is C13H22N2O3S. The zero-order valence-corrected chi connectivity index (χ0v) is 12.2. The lowest BCUT2D eigenvalue weighted by molar-refractivity contribution is -0.145. The predicted molar refractivity (Wildman–Crippen MR) is 75.3 cm³/mol. The van der Waals surface area contributed by atoms with Crippen LogP contribution in [0.1, 0.15) is 26.2 Å². The van der Waals surface area contributed by atoms with Gasteiger partial charge in [-0.25, -0.2) is 0 Å². The van der Waals surface area contributed by atoms with Crippen LogP contribution in [0, 0.1) is 5.41 Å². The molecule has 0 aromatic heterocycles. The molecule has 0 aliphatic carbocycles. The summed E-state index contributed by atoms with van der Waals surface area (Å²) < 4.78 is 0. The van der Waals surface area contributed by atoms with Gasteiger partial charge in [-0.05, 0) is 19.4 Å². The first-order chi connectivity index (χ1) is 9.09. The third-order valence-corrected chi connectivity index (χ3v) is 5.36. The minimum absolute atomic E-state index is 0.0615. The van der Waals surface area contributed by atoms with E-state index in [-0.39, 0.29) is 23.8 Å². The second-order valence-corrected chi connectivity index (χ2v) is 6.54. The first-order valence-electron chi connectivity index (χ1n) is 6.90. The molecule has 2 rings (SSSR count). The van der Waals surface area contributed by atoms with Crippen LogP contribution in [0.3, 0.4) is 0 Å². The van der Waals surface area contributed by atoms with Crippen LogP contribution in [0.25, 0.3) is 0 Å². The van der Waals surface area contributed by atoms with Crippen molar-refractivity contribution in [2.24, 2.45) is 5.41 Å². The fraction of sp³-hybridized carbons (Fsp3) is 0.846. The summed E-state index contributed by atoms with van der Waals surface area (Å²) in [4.78, 5) is 25.6. The number of hydrogen-bond acceptors (Lipinski definition) is 4. The van der Waals surface area contributed by atoms with Crippen LogP contribution in [-0.2, 0) is 9.59 Å². The average molecular weight is 286 g/mol. The Hall–Kier alpha value is -0.750. The highest BCUT2D eigenvalue weighted by Crippen LogP contribution is 2.34. The molecular weight excluding hydrogens is 264 g/mol. The Morgan fingerprint density at radius 3 is 2.89 bits per heavy atom. The van der Waals surface area contributed by atoms with E-state index in [9.17, 15) is 9.59 Å². The van der Waals surface area contributed by atoms with E-state index >= 15 is 0 Å². The van der Waals surface area contributed by atoms with Crippen LogP contribution >= 0.6 is 11.8 Å². The highest BCUT2D eigenvalue weighted by molar-refractivity contribution is 7.99. The van der Waals surface area contributed by atoms with Crippen LogP contribution in [0.15, 0.2) is 0 Å². The number of nitrogens with zero attached hydrogens (tertiary/aromatic N) is 1. The molecule has 0 aromatic rings. The lowest BCUT2D eigenvalue weighted by atomic mass is 9.82. The number of carboxylic acid groups (broad SMARTS) is 1. The van der Waals surface area contributed by atoms with Crippen molar-refractivity contribution in [3.8, 4) is 0 Å². The summed E-state index contributed by atoms with van der Waals surface area (Å²) in [5.74, 6) is 0.993. The summed E-state index contributed by atoms with van der Waals surface area (Å²) in [6.45, 7) is 4.34. The van der Waals surface area contributed by atoms with Crippen molar-refractivity contribution in [2.75, 3.05) is 31.1 Å². The van der Waals surface area contributed by atoms with Gasteiger partial charge in [-0.2, -0.15) is 11.8 Å². The maximum absolute atomic E-state index is 12.8. The molecule has 6 heteroatoms. The van der Waals surface area contributed by atoms with Crippen molar-refractivity contribution >= 4 is 23.6 Å². The predicted octanol–water partition coefficient (Wildman–Crippen LogP) is 0.795. The first-order valence-corrected chi connectivity index (χ1v) is 8.06. The second-order valence-electron chi connectivity index (χ2n) is 5.39. The monoisotopic (exact) mass is 286 g/mol. The minimum atomic E-state index is -0.819. The van der Waals surface area contributed by atoms with Gasteiger partial charge in [-0.1, -0.05) is 6.92 Å². The zero-order valence-electron chi connectivity index (χ0n) is 11.4. The highest BCUT2D eigenvalue weighted by atomic mass is 32.2. The molecule has 0 saturated carbocycles. The number of aliphatic carboxylic acids is 1. The first kappa shape index (κ1) is 14.7. The van der Waals surface area contributed by atoms with Crippen molar-refractivity contribution in [3.63, 3.8) is 0 Å². The van der Waals surface area contributed by atoms with Gasteiger partial charge in [0.25, 0.3) is 0 Å². The van der Waals surface area contributed by atoms with Gasteiger partial charge in [-0.3, -0.25) is 9.59 Å². The largest absolute Gasteiger partial charge is 0.481 e. The van der Waals surface area contributed by atoms with E-state index in [1.165, 1.54) is 0 Å². The number of rotatable bonds is 4. The van der Waals surface area contributed by atoms with Gasteiger partial charge < -0.3 is 15.3 Å². The van der Waals surface area contributed by atoms with E-state index in [2.05, 4.69) is 12.2 Å². The zero-order chi connectivity index (χ0) is 13.9. The molecule has 108 valence electrons. The molecule has 0 bridgehead atoms. The van der Waals surface area contributed by atoms with E-state index in [0.29, 0.717) is 6.54 Å². The van der Waals surface area contributed by atoms with Gasteiger partial charge in [-0.15, -0.1) is 0 Å². The Bertz CT molecular complexity index is 356. The number of thioether (sulfide) groups is 1. The summed E-state index contributed by atoms with van der Waals surface area (Å²) >= 11 is 1.74. The number of carbonyl (C=O) groups excluding carboxylic acids is 1. The van der Waals surface area contributed by atoms with Crippen LogP contribution in [0.4, 0.5) is 0 Å². The summed E-state index contributed by atoms with van der Waals surface area (Å²) in [6.07, 6.45) is 1.75. The Morgan fingerprint density at radius 2 is 2.32 bits per heavy atom. The molecule has 2 heterocycles. The number of carboxylic acids is 1. The van der Waals surface area contributed by atoms with E-state index in [4.69, 9.17) is 5.11 Å². The quantitative estimate of drug-likeness (QED) is 0.800. The van der Waals surface area contributed by atoms with Crippen LogP contribution < -0.4 is 5.32 Å². The van der Waals surface area contributed by atoms with Gasteiger partial charge >= 0.3 is 5.97 Å². The summed E-state index contributed by atoms with van der Waals surface area (Å²) in [5, 5.41) is 12.3. The number of nitrogens with one attached hydrogen (secondary N) is 1.